The molecule has 3 rings (SSSR count). The molecule has 7 heteroatoms. The van der Waals surface area contributed by atoms with Crippen LogP contribution in [-0.2, 0) is 11.2 Å². The largest absolute Gasteiger partial charge is 0.497 e. The van der Waals surface area contributed by atoms with E-state index in [-0.39, 0.29) is 30.7 Å². The van der Waals surface area contributed by atoms with E-state index in [9.17, 15) is 4.79 Å². The third-order valence-electron chi connectivity index (χ3n) is 5.80. The summed E-state index contributed by atoms with van der Waals surface area (Å²) >= 11 is 0. The van der Waals surface area contributed by atoms with Crippen molar-refractivity contribution >= 4 is 30.7 Å². The van der Waals surface area contributed by atoms with Gasteiger partial charge in [-0.15, -0.1) is 24.8 Å². The SMILES string of the molecule is COc1ccc(CC(=O)N2CCCN(C[C@@H]3CCC[C@H](N)C3)CC2)cc1.Cl.Cl. The first-order valence-corrected chi connectivity index (χ1v) is 10.0. The van der Waals surface area contributed by atoms with E-state index in [1.165, 1.54) is 19.3 Å². The average molecular weight is 432 g/mol. The van der Waals surface area contributed by atoms with Crippen molar-refractivity contribution < 1.29 is 9.53 Å². The van der Waals surface area contributed by atoms with Crippen molar-refractivity contribution in [3.05, 3.63) is 29.8 Å². The fourth-order valence-corrected chi connectivity index (χ4v) is 4.30. The van der Waals surface area contributed by atoms with E-state index in [1.54, 1.807) is 7.11 Å². The quantitative estimate of drug-likeness (QED) is 0.777. The molecule has 0 aromatic heterocycles. The highest BCUT2D eigenvalue weighted by Crippen LogP contribution is 2.24. The zero-order valence-electron chi connectivity index (χ0n) is 16.8. The minimum Gasteiger partial charge on any atom is -0.497 e. The predicted molar refractivity (Wildman–Crippen MR) is 119 cm³/mol. The van der Waals surface area contributed by atoms with Gasteiger partial charge in [-0.3, -0.25) is 4.79 Å². The van der Waals surface area contributed by atoms with Gasteiger partial charge in [0.25, 0.3) is 0 Å². The lowest BCUT2D eigenvalue weighted by Crippen LogP contribution is -2.39. The van der Waals surface area contributed by atoms with Crippen LogP contribution >= 0.6 is 24.8 Å². The Morgan fingerprint density at radius 3 is 2.50 bits per heavy atom. The van der Waals surface area contributed by atoms with Gasteiger partial charge in [0.05, 0.1) is 13.5 Å². The number of benzene rings is 1. The molecule has 1 saturated heterocycles. The molecule has 0 radical (unpaired) electrons. The zero-order valence-corrected chi connectivity index (χ0v) is 18.5. The van der Waals surface area contributed by atoms with E-state index in [1.807, 2.05) is 29.2 Å². The predicted octanol–water partition coefficient (Wildman–Crippen LogP) is 3.13. The first-order chi connectivity index (χ1) is 12.6. The van der Waals surface area contributed by atoms with Crippen LogP contribution in [-0.4, -0.2) is 61.6 Å². The molecule has 1 aliphatic heterocycles. The first-order valence-electron chi connectivity index (χ1n) is 10.0. The lowest BCUT2D eigenvalue weighted by atomic mass is 9.86. The maximum absolute atomic E-state index is 12.7. The van der Waals surface area contributed by atoms with Gasteiger partial charge in [0, 0.05) is 32.2 Å². The van der Waals surface area contributed by atoms with Gasteiger partial charge in [0.15, 0.2) is 0 Å². The summed E-state index contributed by atoms with van der Waals surface area (Å²) in [7, 11) is 1.66. The molecule has 1 saturated carbocycles. The van der Waals surface area contributed by atoms with Crippen molar-refractivity contribution in [1.82, 2.24) is 9.80 Å². The second-order valence-electron chi connectivity index (χ2n) is 7.85. The van der Waals surface area contributed by atoms with Crippen LogP contribution in [0.5, 0.6) is 5.75 Å². The number of nitrogens with zero attached hydrogens (tertiary/aromatic N) is 2. The molecule has 2 aliphatic rings. The molecule has 1 aromatic rings. The topological polar surface area (TPSA) is 58.8 Å². The van der Waals surface area contributed by atoms with E-state index in [0.717, 1.165) is 62.8 Å². The summed E-state index contributed by atoms with van der Waals surface area (Å²) < 4.78 is 5.18. The molecule has 2 fully saturated rings. The zero-order chi connectivity index (χ0) is 18.4. The smallest absolute Gasteiger partial charge is 0.227 e. The van der Waals surface area contributed by atoms with Crippen molar-refractivity contribution in [2.24, 2.45) is 11.7 Å². The van der Waals surface area contributed by atoms with Crippen LogP contribution in [0.25, 0.3) is 0 Å². The minimum atomic E-state index is 0. The van der Waals surface area contributed by atoms with Gasteiger partial charge in [-0.25, -0.2) is 0 Å². The Hall–Kier alpha value is -1.01. The van der Waals surface area contributed by atoms with E-state index < -0.39 is 0 Å². The maximum Gasteiger partial charge on any atom is 0.227 e. The number of hydrogen-bond donors (Lipinski definition) is 1. The Bertz CT molecular complexity index is 586. The van der Waals surface area contributed by atoms with Crippen molar-refractivity contribution in [1.29, 1.82) is 0 Å². The van der Waals surface area contributed by atoms with Crippen LogP contribution in [0.3, 0.4) is 0 Å². The number of nitrogens with two attached hydrogens (primary N) is 1. The number of carbonyl (C=O) groups is 1. The van der Waals surface area contributed by atoms with E-state index in [2.05, 4.69) is 4.90 Å². The van der Waals surface area contributed by atoms with Crippen LogP contribution in [0.15, 0.2) is 24.3 Å². The van der Waals surface area contributed by atoms with Crippen molar-refractivity contribution in [2.45, 2.75) is 44.6 Å². The van der Waals surface area contributed by atoms with Crippen molar-refractivity contribution in [3.8, 4) is 5.75 Å². The number of rotatable bonds is 5. The molecule has 28 heavy (non-hydrogen) atoms. The van der Waals surface area contributed by atoms with Gasteiger partial charge in [-0.05, 0) is 55.8 Å². The Morgan fingerprint density at radius 1 is 1.07 bits per heavy atom. The van der Waals surface area contributed by atoms with Crippen LogP contribution < -0.4 is 10.5 Å². The molecule has 0 spiro atoms. The molecule has 0 bridgehead atoms. The number of halogens is 2. The van der Waals surface area contributed by atoms with Crippen molar-refractivity contribution in [2.75, 3.05) is 39.8 Å². The number of carbonyl (C=O) groups excluding carboxylic acids is 1. The number of hydrogen-bond acceptors (Lipinski definition) is 4. The van der Waals surface area contributed by atoms with Crippen LogP contribution in [0.4, 0.5) is 0 Å². The first kappa shape index (κ1) is 25.0. The van der Waals surface area contributed by atoms with E-state index in [4.69, 9.17) is 10.5 Å². The Morgan fingerprint density at radius 2 is 1.82 bits per heavy atom. The highest BCUT2D eigenvalue weighted by molar-refractivity contribution is 5.85. The molecule has 2 N–H and O–H groups in total. The van der Waals surface area contributed by atoms with Gasteiger partial charge < -0.3 is 20.3 Å². The second kappa shape index (κ2) is 12.5. The van der Waals surface area contributed by atoms with Gasteiger partial charge in [0.2, 0.25) is 5.91 Å². The molecule has 1 aliphatic carbocycles. The van der Waals surface area contributed by atoms with E-state index in [0.29, 0.717) is 12.5 Å². The van der Waals surface area contributed by atoms with Crippen LogP contribution in [0, 0.1) is 5.92 Å². The molecule has 2 atom stereocenters. The molecule has 5 nitrogen and oxygen atoms in total. The monoisotopic (exact) mass is 431 g/mol. The average Bonchev–Trinajstić information content (AvgIpc) is 2.88. The summed E-state index contributed by atoms with van der Waals surface area (Å²) in [6, 6.07) is 8.19. The van der Waals surface area contributed by atoms with Crippen molar-refractivity contribution in [3.63, 3.8) is 0 Å². The highest BCUT2D eigenvalue weighted by atomic mass is 35.5. The molecular weight excluding hydrogens is 397 g/mol. The summed E-state index contributed by atoms with van der Waals surface area (Å²) in [5.74, 6) is 1.80. The van der Waals surface area contributed by atoms with Gasteiger partial charge in [-0.2, -0.15) is 0 Å². The minimum absolute atomic E-state index is 0. The van der Waals surface area contributed by atoms with Gasteiger partial charge in [-0.1, -0.05) is 18.6 Å². The normalized spacial score (nSPS) is 23.1. The van der Waals surface area contributed by atoms with Crippen LogP contribution in [0.1, 0.15) is 37.7 Å². The maximum atomic E-state index is 12.7. The summed E-state index contributed by atoms with van der Waals surface area (Å²) in [6.07, 6.45) is 6.46. The van der Waals surface area contributed by atoms with Gasteiger partial charge in [0.1, 0.15) is 5.75 Å². The van der Waals surface area contributed by atoms with Crippen LogP contribution in [0.2, 0.25) is 0 Å². The Kier molecular flexibility index (Phi) is 11.2. The Balaban J connectivity index is 0.00000196. The number of amides is 1. The third-order valence-corrected chi connectivity index (χ3v) is 5.80. The Labute approximate surface area is 181 Å². The molecule has 160 valence electrons. The summed E-state index contributed by atoms with van der Waals surface area (Å²) in [4.78, 5) is 17.3. The highest BCUT2D eigenvalue weighted by Gasteiger charge is 2.24. The lowest BCUT2D eigenvalue weighted by molar-refractivity contribution is -0.130. The second-order valence-corrected chi connectivity index (χ2v) is 7.85. The fourth-order valence-electron chi connectivity index (χ4n) is 4.30. The summed E-state index contributed by atoms with van der Waals surface area (Å²) in [5, 5.41) is 0. The fraction of sp³-hybridized carbons (Fsp3) is 0.667. The molecular formula is C21H35Cl2N3O2. The standard InChI is InChI=1S/C21H33N3O2.2ClH/c1-26-20-8-6-17(7-9-20)15-21(25)24-11-3-10-23(12-13-24)16-18-4-2-5-19(22)14-18;;/h6-9,18-19H,2-5,10-16,22H2,1H3;2*1H/t18-,19+;;/m1../s1. The van der Waals surface area contributed by atoms with Gasteiger partial charge >= 0.3 is 0 Å². The molecule has 0 unspecified atom stereocenters. The number of methoxy groups -OCH3 is 1. The summed E-state index contributed by atoms with van der Waals surface area (Å²) in [6.45, 7) is 4.94. The number of ether oxygens (including phenoxy) is 1. The molecule has 1 aromatic carbocycles. The lowest BCUT2D eigenvalue weighted by Gasteiger charge is -2.31. The third kappa shape index (κ3) is 7.43. The molecule has 1 heterocycles. The van der Waals surface area contributed by atoms with E-state index >= 15 is 0 Å². The molecule has 1 amide bonds. The summed E-state index contributed by atoms with van der Waals surface area (Å²) in [5.41, 5.74) is 7.18.